The molecular weight excluding hydrogens is 296 g/mol. The minimum atomic E-state index is -0.630. The van der Waals surface area contributed by atoms with Crippen LogP contribution in [0.1, 0.15) is 11.7 Å². The van der Waals surface area contributed by atoms with E-state index in [2.05, 4.69) is 26.2 Å². The Balaban J connectivity index is 1.95. The molecule has 0 spiro atoms. The summed E-state index contributed by atoms with van der Waals surface area (Å²) in [5.41, 5.74) is 0.810. The van der Waals surface area contributed by atoms with Gasteiger partial charge in [0, 0.05) is 16.2 Å². The van der Waals surface area contributed by atoms with Crippen molar-refractivity contribution >= 4 is 27.7 Å². The van der Waals surface area contributed by atoms with Crippen LogP contribution in [0.4, 0.5) is 5.82 Å². The number of hydrogen-bond acceptors (Lipinski definition) is 3. The molecule has 2 heterocycles. The van der Waals surface area contributed by atoms with Gasteiger partial charge in [-0.15, -0.1) is 0 Å². The number of amides is 1. The highest BCUT2D eigenvalue weighted by atomic mass is 79.9. The Morgan fingerprint density at radius 1 is 1.22 bits per heavy atom. The second-order valence-electron chi connectivity index (χ2n) is 3.89. The first-order valence-electron chi connectivity index (χ1n) is 5.42. The molecule has 0 saturated carbocycles. The fourth-order valence-electron chi connectivity index (χ4n) is 1.80. The first kappa shape index (κ1) is 11.2. The van der Waals surface area contributed by atoms with Gasteiger partial charge in [0.2, 0.25) is 6.10 Å². The smallest absolute Gasteiger partial charge is 0.271 e. The summed E-state index contributed by atoms with van der Waals surface area (Å²) in [6, 6.07) is 11.0. The summed E-state index contributed by atoms with van der Waals surface area (Å²) in [6.07, 6.45) is 0.984. The van der Waals surface area contributed by atoms with Crippen molar-refractivity contribution in [2.75, 3.05) is 5.32 Å². The van der Waals surface area contributed by atoms with E-state index in [1.54, 1.807) is 18.3 Å². The van der Waals surface area contributed by atoms with Gasteiger partial charge in [0.1, 0.15) is 0 Å². The first-order valence-corrected chi connectivity index (χ1v) is 6.21. The summed E-state index contributed by atoms with van der Waals surface area (Å²) < 4.78 is 6.64. The summed E-state index contributed by atoms with van der Waals surface area (Å²) in [4.78, 5) is 16.0. The highest BCUT2D eigenvalue weighted by Crippen LogP contribution is 2.33. The highest BCUT2D eigenvalue weighted by Gasteiger charge is 2.29. The topological polar surface area (TPSA) is 51.2 Å². The number of rotatable bonds is 1. The molecule has 1 unspecified atom stereocenters. The second-order valence-corrected chi connectivity index (χ2v) is 4.80. The quantitative estimate of drug-likeness (QED) is 0.881. The third-order valence-electron chi connectivity index (χ3n) is 2.67. The number of aromatic nitrogens is 1. The molecule has 0 bridgehead atoms. The van der Waals surface area contributed by atoms with Crippen LogP contribution in [0.15, 0.2) is 47.1 Å². The lowest BCUT2D eigenvalue weighted by atomic mass is 10.1. The van der Waals surface area contributed by atoms with Gasteiger partial charge in [0.05, 0.1) is 0 Å². The molecule has 0 fully saturated rings. The van der Waals surface area contributed by atoms with Crippen molar-refractivity contribution in [1.82, 2.24) is 4.98 Å². The normalized spacial score (nSPS) is 17.6. The van der Waals surface area contributed by atoms with Crippen LogP contribution < -0.4 is 10.1 Å². The Morgan fingerprint density at radius 3 is 2.78 bits per heavy atom. The molecule has 0 radical (unpaired) electrons. The van der Waals surface area contributed by atoms with Crippen LogP contribution in [0.5, 0.6) is 5.75 Å². The van der Waals surface area contributed by atoms with E-state index < -0.39 is 6.10 Å². The summed E-state index contributed by atoms with van der Waals surface area (Å²) in [7, 11) is 0. The van der Waals surface area contributed by atoms with Crippen LogP contribution in [0.2, 0.25) is 0 Å². The van der Waals surface area contributed by atoms with Gasteiger partial charge < -0.3 is 10.1 Å². The summed E-state index contributed by atoms with van der Waals surface area (Å²) in [5.74, 6) is 0.851. The van der Waals surface area contributed by atoms with E-state index in [0.29, 0.717) is 11.6 Å². The highest BCUT2D eigenvalue weighted by molar-refractivity contribution is 9.10. The lowest BCUT2D eigenvalue weighted by molar-refractivity contribution is -0.123. The molecule has 1 aromatic carbocycles. The largest absolute Gasteiger partial charge is 0.472 e. The van der Waals surface area contributed by atoms with E-state index in [4.69, 9.17) is 4.74 Å². The lowest BCUT2D eigenvalue weighted by Gasteiger charge is -2.25. The zero-order valence-electron chi connectivity index (χ0n) is 9.26. The van der Waals surface area contributed by atoms with Crippen LogP contribution in [0.25, 0.3) is 0 Å². The molecule has 4 nitrogen and oxygen atoms in total. The monoisotopic (exact) mass is 304 g/mol. The lowest BCUT2D eigenvalue weighted by Crippen LogP contribution is -2.30. The molecule has 5 heteroatoms. The molecule has 0 saturated heterocycles. The van der Waals surface area contributed by atoms with Crippen LogP contribution in [-0.2, 0) is 4.79 Å². The van der Waals surface area contributed by atoms with Crippen LogP contribution in [0, 0.1) is 0 Å². The number of hydrogen-bond donors (Lipinski definition) is 1. The average Bonchev–Trinajstić information content (AvgIpc) is 2.39. The number of carbonyl (C=O) groups is 1. The molecule has 0 aliphatic carbocycles. The molecule has 1 atom stereocenters. The van der Waals surface area contributed by atoms with Crippen molar-refractivity contribution in [3.05, 3.63) is 52.6 Å². The zero-order chi connectivity index (χ0) is 12.5. The number of anilines is 1. The fraction of sp³-hybridized carbons (Fsp3) is 0.0769. The predicted molar refractivity (Wildman–Crippen MR) is 70.4 cm³/mol. The van der Waals surface area contributed by atoms with Gasteiger partial charge in [-0.05, 0) is 24.3 Å². The van der Waals surface area contributed by atoms with E-state index >= 15 is 0 Å². The number of carbonyl (C=O) groups excluding carboxylic acids is 1. The molecule has 18 heavy (non-hydrogen) atoms. The van der Waals surface area contributed by atoms with Crippen LogP contribution in [0.3, 0.4) is 0 Å². The third kappa shape index (κ3) is 1.97. The third-order valence-corrected chi connectivity index (χ3v) is 3.20. The maximum absolute atomic E-state index is 12.0. The van der Waals surface area contributed by atoms with Crippen molar-refractivity contribution in [3.63, 3.8) is 0 Å². The van der Waals surface area contributed by atoms with Crippen LogP contribution >= 0.6 is 15.9 Å². The van der Waals surface area contributed by atoms with Gasteiger partial charge in [0.25, 0.3) is 5.91 Å². The van der Waals surface area contributed by atoms with E-state index in [1.165, 1.54) is 0 Å². The molecule has 2 aromatic rings. The maximum atomic E-state index is 12.0. The van der Waals surface area contributed by atoms with Crippen molar-refractivity contribution in [3.8, 4) is 5.75 Å². The Kier molecular flexibility index (Phi) is 2.76. The van der Waals surface area contributed by atoms with Crippen molar-refractivity contribution < 1.29 is 9.53 Å². The molecule has 1 N–H and O–H groups in total. The molecule has 1 aromatic heterocycles. The molecule has 1 amide bonds. The van der Waals surface area contributed by atoms with Crippen LogP contribution in [-0.4, -0.2) is 10.9 Å². The van der Waals surface area contributed by atoms with E-state index in [9.17, 15) is 4.79 Å². The number of nitrogens with one attached hydrogen (secondary N) is 1. The first-order chi connectivity index (χ1) is 8.74. The fourth-order valence-corrected chi connectivity index (χ4v) is 2.06. The number of halogens is 1. The van der Waals surface area contributed by atoms with E-state index in [0.717, 1.165) is 10.0 Å². The van der Waals surface area contributed by atoms with Gasteiger partial charge in [-0.3, -0.25) is 4.79 Å². The number of ether oxygens (including phenoxy) is 1. The number of benzene rings is 1. The maximum Gasteiger partial charge on any atom is 0.271 e. The SMILES string of the molecule is O=C1Nc2ncccc2OC1c1ccc(Br)cc1. The summed E-state index contributed by atoms with van der Waals surface area (Å²) in [6.45, 7) is 0. The van der Waals surface area contributed by atoms with Gasteiger partial charge in [-0.2, -0.15) is 0 Å². The Bertz CT molecular complexity index is 598. The molecule has 3 rings (SSSR count). The van der Waals surface area contributed by atoms with Gasteiger partial charge >= 0.3 is 0 Å². The second kappa shape index (κ2) is 4.42. The Hall–Kier alpha value is -1.88. The zero-order valence-corrected chi connectivity index (χ0v) is 10.8. The molecule has 1 aliphatic heterocycles. The molecule has 1 aliphatic rings. The van der Waals surface area contributed by atoms with Crippen molar-refractivity contribution in [2.24, 2.45) is 0 Å². The average molecular weight is 305 g/mol. The van der Waals surface area contributed by atoms with Gasteiger partial charge in [0.15, 0.2) is 11.6 Å². The minimum absolute atomic E-state index is 0.205. The van der Waals surface area contributed by atoms with Crippen molar-refractivity contribution in [1.29, 1.82) is 0 Å². The minimum Gasteiger partial charge on any atom is -0.472 e. The summed E-state index contributed by atoms with van der Waals surface area (Å²) in [5, 5.41) is 2.74. The van der Waals surface area contributed by atoms with Crippen molar-refractivity contribution in [2.45, 2.75) is 6.10 Å². The number of pyridine rings is 1. The summed E-state index contributed by atoms with van der Waals surface area (Å²) >= 11 is 3.36. The molecular formula is C13H9BrN2O2. The van der Waals surface area contributed by atoms with E-state index in [-0.39, 0.29) is 5.91 Å². The predicted octanol–water partition coefficient (Wildman–Crippen LogP) is 2.92. The number of nitrogens with zero attached hydrogens (tertiary/aromatic N) is 1. The Morgan fingerprint density at radius 2 is 2.00 bits per heavy atom. The standard InChI is InChI=1S/C13H9BrN2O2/c14-9-5-3-8(4-6-9)11-13(17)16-12-10(18-11)2-1-7-15-12/h1-7,11H,(H,15,16,17). The van der Waals surface area contributed by atoms with E-state index in [1.807, 2.05) is 24.3 Å². The number of fused-ring (bicyclic) bond motifs is 1. The Labute approximate surface area is 112 Å². The van der Waals surface area contributed by atoms with Gasteiger partial charge in [-0.25, -0.2) is 4.98 Å². The van der Waals surface area contributed by atoms with Gasteiger partial charge in [-0.1, -0.05) is 28.1 Å². The molecule has 90 valence electrons.